The SMILES string of the molecule is CCCCN1CCC(N(C(=O)c2cc(Cl)c(N)c3c2OCC3)C(C)(C)C)CC1. The number of carbonyl (C=O) groups excluding carboxylic acids is 1. The van der Waals surface area contributed by atoms with Crippen molar-refractivity contribution >= 4 is 23.2 Å². The van der Waals surface area contributed by atoms with Gasteiger partial charge in [-0.3, -0.25) is 4.79 Å². The Bertz CT molecular complexity index is 721. The van der Waals surface area contributed by atoms with Crippen molar-refractivity contribution in [2.24, 2.45) is 0 Å². The van der Waals surface area contributed by atoms with Crippen LogP contribution in [0.25, 0.3) is 0 Å². The summed E-state index contributed by atoms with van der Waals surface area (Å²) in [5.74, 6) is 0.626. The Balaban J connectivity index is 1.85. The lowest BCUT2D eigenvalue weighted by Gasteiger charge is -2.45. The predicted molar refractivity (Wildman–Crippen MR) is 115 cm³/mol. The van der Waals surface area contributed by atoms with Gasteiger partial charge in [0.2, 0.25) is 0 Å². The van der Waals surface area contributed by atoms with Gasteiger partial charge in [-0.2, -0.15) is 0 Å². The Morgan fingerprint density at radius 3 is 2.64 bits per heavy atom. The lowest BCUT2D eigenvalue weighted by molar-refractivity contribution is 0.0282. The Morgan fingerprint density at radius 2 is 2.04 bits per heavy atom. The highest BCUT2D eigenvalue weighted by Crippen LogP contribution is 2.40. The smallest absolute Gasteiger partial charge is 0.258 e. The summed E-state index contributed by atoms with van der Waals surface area (Å²) in [5.41, 5.74) is 7.80. The molecule has 0 radical (unpaired) electrons. The van der Waals surface area contributed by atoms with Crippen LogP contribution in [0, 0.1) is 0 Å². The molecule has 156 valence electrons. The van der Waals surface area contributed by atoms with E-state index in [1.807, 2.05) is 4.90 Å². The number of nitrogens with zero attached hydrogens (tertiary/aromatic N) is 2. The molecule has 3 rings (SSSR count). The van der Waals surface area contributed by atoms with E-state index in [1.54, 1.807) is 6.07 Å². The normalized spacial score (nSPS) is 18.0. The van der Waals surface area contributed by atoms with E-state index in [0.29, 0.717) is 35.1 Å². The number of ether oxygens (including phenoxy) is 1. The summed E-state index contributed by atoms with van der Waals surface area (Å²) < 4.78 is 5.80. The first kappa shape index (κ1) is 21.3. The summed E-state index contributed by atoms with van der Waals surface area (Å²) in [6, 6.07) is 1.91. The minimum atomic E-state index is -0.285. The Labute approximate surface area is 174 Å². The number of unbranched alkanes of at least 4 members (excludes halogenated alkanes) is 1. The van der Waals surface area contributed by atoms with Gasteiger partial charge in [0, 0.05) is 36.7 Å². The van der Waals surface area contributed by atoms with Crippen molar-refractivity contribution in [3.63, 3.8) is 0 Å². The van der Waals surface area contributed by atoms with Gasteiger partial charge in [-0.1, -0.05) is 24.9 Å². The minimum absolute atomic E-state index is 0.000409. The van der Waals surface area contributed by atoms with E-state index in [0.717, 1.165) is 38.0 Å². The van der Waals surface area contributed by atoms with Crippen LogP contribution in [0.1, 0.15) is 69.3 Å². The fourth-order valence-corrected chi connectivity index (χ4v) is 4.68. The van der Waals surface area contributed by atoms with Crippen molar-refractivity contribution in [3.05, 3.63) is 22.2 Å². The van der Waals surface area contributed by atoms with E-state index in [2.05, 4.69) is 32.6 Å². The fraction of sp³-hybridized carbons (Fsp3) is 0.682. The van der Waals surface area contributed by atoms with Crippen molar-refractivity contribution in [1.82, 2.24) is 9.80 Å². The molecule has 5 nitrogen and oxygen atoms in total. The number of likely N-dealkylation sites (tertiary alicyclic amines) is 1. The number of hydrogen-bond donors (Lipinski definition) is 1. The van der Waals surface area contributed by atoms with Crippen LogP contribution in [0.2, 0.25) is 5.02 Å². The maximum atomic E-state index is 13.7. The second-order valence-corrected chi connectivity index (χ2v) is 9.41. The zero-order chi connectivity index (χ0) is 20.5. The summed E-state index contributed by atoms with van der Waals surface area (Å²) in [4.78, 5) is 18.3. The summed E-state index contributed by atoms with van der Waals surface area (Å²) in [5, 5.41) is 0.441. The zero-order valence-corrected chi connectivity index (χ0v) is 18.4. The average molecular weight is 408 g/mol. The number of anilines is 1. The molecule has 2 heterocycles. The molecule has 0 bridgehead atoms. The molecule has 0 spiro atoms. The van der Waals surface area contributed by atoms with Crippen LogP contribution in [0.3, 0.4) is 0 Å². The van der Waals surface area contributed by atoms with E-state index < -0.39 is 0 Å². The quantitative estimate of drug-likeness (QED) is 0.736. The molecule has 2 N–H and O–H groups in total. The second kappa shape index (κ2) is 8.50. The molecular formula is C22H34ClN3O2. The number of nitrogens with two attached hydrogens (primary N) is 1. The number of carbonyl (C=O) groups is 1. The van der Waals surface area contributed by atoms with E-state index >= 15 is 0 Å². The largest absolute Gasteiger partial charge is 0.492 e. The molecule has 2 aliphatic rings. The van der Waals surface area contributed by atoms with Gasteiger partial charge in [0.25, 0.3) is 5.91 Å². The third-order valence-electron chi connectivity index (χ3n) is 5.89. The van der Waals surface area contributed by atoms with Gasteiger partial charge in [0.05, 0.1) is 22.9 Å². The minimum Gasteiger partial charge on any atom is -0.492 e. The van der Waals surface area contributed by atoms with Gasteiger partial charge in [0.1, 0.15) is 5.75 Å². The van der Waals surface area contributed by atoms with Gasteiger partial charge in [-0.15, -0.1) is 0 Å². The first-order chi connectivity index (χ1) is 13.2. The van der Waals surface area contributed by atoms with E-state index in [-0.39, 0.29) is 17.5 Å². The van der Waals surface area contributed by atoms with Gasteiger partial charge in [-0.25, -0.2) is 0 Å². The molecule has 1 fully saturated rings. The molecule has 0 saturated carbocycles. The molecule has 1 amide bonds. The first-order valence-corrected chi connectivity index (χ1v) is 10.9. The van der Waals surface area contributed by atoms with Gasteiger partial charge < -0.3 is 20.3 Å². The Morgan fingerprint density at radius 1 is 1.36 bits per heavy atom. The molecule has 2 aliphatic heterocycles. The number of nitrogen functional groups attached to an aromatic ring is 1. The molecule has 0 aliphatic carbocycles. The van der Waals surface area contributed by atoms with Crippen LogP contribution < -0.4 is 10.5 Å². The zero-order valence-electron chi connectivity index (χ0n) is 17.7. The third kappa shape index (κ3) is 4.25. The maximum absolute atomic E-state index is 13.7. The second-order valence-electron chi connectivity index (χ2n) is 9.00. The van der Waals surface area contributed by atoms with E-state index in [1.165, 1.54) is 12.8 Å². The number of amides is 1. The topological polar surface area (TPSA) is 58.8 Å². The van der Waals surface area contributed by atoms with Crippen LogP contribution in [-0.2, 0) is 6.42 Å². The summed E-state index contributed by atoms with van der Waals surface area (Å²) in [6.45, 7) is 12.3. The van der Waals surface area contributed by atoms with E-state index in [4.69, 9.17) is 22.1 Å². The molecule has 6 heteroatoms. The maximum Gasteiger partial charge on any atom is 0.258 e. The van der Waals surface area contributed by atoms with Crippen molar-refractivity contribution in [3.8, 4) is 5.75 Å². The van der Waals surface area contributed by atoms with Crippen LogP contribution in [0.5, 0.6) is 5.75 Å². The van der Waals surface area contributed by atoms with Crippen LogP contribution in [-0.4, -0.2) is 53.5 Å². The summed E-state index contributed by atoms with van der Waals surface area (Å²) in [7, 11) is 0. The third-order valence-corrected chi connectivity index (χ3v) is 6.21. The van der Waals surface area contributed by atoms with Crippen LogP contribution >= 0.6 is 11.6 Å². The Kier molecular flexibility index (Phi) is 6.45. The number of fused-ring (bicyclic) bond motifs is 1. The van der Waals surface area contributed by atoms with Crippen molar-refractivity contribution < 1.29 is 9.53 Å². The van der Waals surface area contributed by atoms with Crippen molar-refractivity contribution in [1.29, 1.82) is 0 Å². The molecule has 1 aromatic rings. The number of benzene rings is 1. The fourth-order valence-electron chi connectivity index (χ4n) is 4.46. The first-order valence-electron chi connectivity index (χ1n) is 10.5. The lowest BCUT2D eigenvalue weighted by Crippen LogP contribution is -2.55. The highest BCUT2D eigenvalue weighted by molar-refractivity contribution is 6.33. The number of halogens is 1. The average Bonchev–Trinajstić information content (AvgIpc) is 3.13. The van der Waals surface area contributed by atoms with Crippen LogP contribution in [0.15, 0.2) is 6.07 Å². The molecule has 1 aromatic carbocycles. The molecule has 0 atom stereocenters. The summed E-state index contributed by atoms with van der Waals surface area (Å²) >= 11 is 6.36. The number of hydrogen-bond acceptors (Lipinski definition) is 4. The molecule has 0 aromatic heterocycles. The monoisotopic (exact) mass is 407 g/mol. The predicted octanol–water partition coefficient (Wildman–Crippen LogP) is 4.36. The molecule has 28 heavy (non-hydrogen) atoms. The highest BCUT2D eigenvalue weighted by atomic mass is 35.5. The number of rotatable bonds is 5. The van der Waals surface area contributed by atoms with Crippen molar-refractivity contribution in [2.45, 2.75) is 71.4 Å². The lowest BCUT2D eigenvalue weighted by atomic mass is 9.94. The molecule has 0 unspecified atom stereocenters. The van der Waals surface area contributed by atoms with Gasteiger partial charge in [-0.05, 0) is 52.6 Å². The molecular weight excluding hydrogens is 374 g/mol. The van der Waals surface area contributed by atoms with Crippen molar-refractivity contribution in [2.75, 3.05) is 32.0 Å². The standard InChI is InChI=1S/C22H34ClN3O2/c1-5-6-10-25-11-7-15(8-12-25)26(22(2,3)4)21(27)17-14-18(23)19(24)16-9-13-28-20(16)17/h14-15H,5-13,24H2,1-4H3. The van der Waals surface area contributed by atoms with E-state index in [9.17, 15) is 4.79 Å². The van der Waals surface area contributed by atoms with Crippen LogP contribution in [0.4, 0.5) is 5.69 Å². The molecule has 1 saturated heterocycles. The van der Waals surface area contributed by atoms with Gasteiger partial charge in [0.15, 0.2) is 0 Å². The number of piperidine rings is 1. The highest BCUT2D eigenvalue weighted by Gasteiger charge is 2.38. The summed E-state index contributed by atoms with van der Waals surface area (Å²) in [6.07, 6.45) is 5.15. The van der Waals surface area contributed by atoms with Gasteiger partial charge >= 0.3 is 0 Å². The Hall–Kier alpha value is -1.46.